The third-order valence-corrected chi connectivity index (χ3v) is 10.2. The van der Waals surface area contributed by atoms with Gasteiger partial charge in [0.15, 0.2) is 12.0 Å². The lowest BCUT2D eigenvalue weighted by molar-refractivity contribution is -0.646. The van der Waals surface area contributed by atoms with Crippen LogP contribution in [-0.4, -0.2) is 73.2 Å². The third-order valence-electron chi connectivity index (χ3n) is 8.35. The van der Waals surface area contributed by atoms with E-state index in [9.17, 15) is 28.0 Å². The number of likely N-dealkylation sites (tertiary alicyclic amines) is 1. The van der Waals surface area contributed by atoms with Gasteiger partial charge in [0.2, 0.25) is 5.91 Å². The topological polar surface area (TPSA) is 162 Å². The van der Waals surface area contributed by atoms with Crippen molar-refractivity contribution in [3.8, 4) is 11.7 Å². The second kappa shape index (κ2) is 10.6. The second-order valence-electron chi connectivity index (χ2n) is 10.8. The van der Waals surface area contributed by atoms with Crippen LogP contribution in [0.15, 0.2) is 58.1 Å². The summed E-state index contributed by atoms with van der Waals surface area (Å²) in [5.41, 5.74) is -0.842. The summed E-state index contributed by atoms with van der Waals surface area (Å²) in [5, 5.41) is 15.2. The zero-order chi connectivity index (χ0) is 29.6. The largest absolute Gasteiger partial charge is 0.618 e. The molecule has 1 saturated carbocycles. The van der Waals surface area contributed by atoms with Crippen LogP contribution in [0.1, 0.15) is 38.5 Å². The first-order valence-corrected chi connectivity index (χ1v) is 15.2. The Labute approximate surface area is 241 Å². The van der Waals surface area contributed by atoms with E-state index in [-0.39, 0.29) is 23.6 Å². The van der Waals surface area contributed by atoms with E-state index < -0.39 is 57.0 Å². The number of nitrogens with one attached hydrogen (secondary N) is 1. The standard InChI is InChI=1S/C28H30N4O9S/c1-39-19-8-9-22-18(15-19)16-24(40-22)41-27(35)29-28(11-4-2-5-12-28)26(34)30-14-10-20-25(30)21(33)17-32(20)42(37,38)23-7-3-6-13-31(23)36/h3,6-9,13,15-16,20,25H,2,4-5,10-12,14,17H2,1H3,(H,29,35). The van der Waals surface area contributed by atoms with Crippen molar-refractivity contribution in [2.24, 2.45) is 0 Å². The Balaban J connectivity index is 1.22. The van der Waals surface area contributed by atoms with Crippen molar-refractivity contribution < 1.29 is 41.4 Å². The van der Waals surface area contributed by atoms with Gasteiger partial charge in [0, 0.05) is 30.1 Å². The van der Waals surface area contributed by atoms with Crippen molar-refractivity contribution >= 4 is 38.8 Å². The molecule has 1 aliphatic carbocycles. The Morgan fingerprint density at radius 1 is 1.14 bits per heavy atom. The first-order valence-electron chi connectivity index (χ1n) is 13.7. The first kappa shape index (κ1) is 28.0. The lowest BCUT2D eigenvalue weighted by Gasteiger charge is -2.40. The van der Waals surface area contributed by atoms with Crippen LogP contribution in [-0.2, 0) is 19.6 Å². The van der Waals surface area contributed by atoms with Crippen LogP contribution < -0.4 is 19.5 Å². The van der Waals surface area contributed by atoms with Crippen molar-refractivity contribution in [3.05, 3.63) is 53.9 Å². The molecule has 0 radical (unpaired) electrons. The van der Waals surface area contributed by atoms with E-state index in [1.165, 1.54) is 30.2 Å². The highest BCUT2D eigenvalue weighted by atomic mass is 32.2. The molecule has 3 aliphatic rings. The molecule has 222 valence electrons. The predicted octanol–water partition coefficient (Wildman–Crippen LogP) is 2.11. The number of carbonyl (C=O) groups is 3. The fourth-order valence-corrected chi connectivity index (χ4v) is 8.02. The number of ketones is 1. The molecule has 14 heteroatoms. The van der Waals surface area contributed by atoms with Gasteiger partial charge in [-0.15, -0.1) is 0 Å². The van der Waals surface area contributed by atoms with Crippen molar-refractivity contribution in [2.75, 3.05) is 20.2 Å². The van der Waals surface area contributed by atoms with Crippen LogP contribution in [0.4, 0.5) is 4.79 Å². The maximum absolute atomic E-state index is 14.1. The molecule has 6 rings (SSSR count). The molecule has 2 aromatic heterocycles. The van der Waals surface area contributed by atoms with Gasteiger partial charge in [-0.2, -0.15) is 9.04 Å². The van der Waals surface area contributed by atoms with E-state index in [1.54, 1.807) is 24.3 Å². The molecule has 0 spiro atoms. The monoisotopic (exact) mass is 598 g/mol. The van der Waals surface area contributed by atoms with Crippen LogP contribution in [0.2, 0.25) is 0 Å². The number of sulfonamides is 1. The second-order valence-corrected chi connectivity index (χ2v) is 12.6. The van der Waals surface area contributed by atoms with Gasteiger partial charge in [-0.3, -0.25) is 9.59 Å². The first-order chi connectivity index (χ1) is 20.1. The van der Waals surface area contributed by atoms with Crippen molar-refractivity contribution in [1.82, 2.24) is 14.5 Å². The van der Waals surface area contributed by atoms with Crippen molar-refractivity contribution in [3.63, 3.8) is 0 Å². The molecule has 42 heavy (non-hydrogen) atoms. The number of hydrogen-bond donors (Lipinski definition) is 1. The summed E-state index contributed by atoms with van der Waals surface area (Å²) in [6, 6.07) is 8.87. The molecular weight excluding hydrogens is 568 g/mol. The summed E-state index contributed by atoms with van der Waals surface area (Å²) in [6.45, 7) is -0.322. The number of ether oxygens (including phenoxy) is 2. The number of Topliss-reactive ketones (excluding diaryl/α,β-unsaturated/α-hetero) is 1. The molecule has 2 saturated heterocycles. The van der Waals surface area contributed by atoms with Gasteiger partial charge in [0.25, 0.3) is 5.95 Å². The summed E-state index contributed by atoms with van der Waals surface area (Å²) in [6.07, 6.45) is 3.31. The Hall–Kier alpha value is -4.17. The molecule has 2 atom stereocenters. The summed E-state index contributed by atoms with van der Waals surface area (Å²) in [4.78, 5) is 41.8. The van der Waals surface area contributed by atoms with Gasteiger partial charge < -0.3 is 29.3 Å². The number of furan rings is 1. The summed E-state index contributed by atoms with van der Waals surface area (Å²) in [5.74, 6) is -0.334. The normalized spacial score (nSPS) is 22.2. The average molecular weight is 599 g/mol. The highest BCUT2D eigenvalue weighted by Gasteiger charge is 2.57. The van der Waals surface area contributed by atoms with Gasteiger partial charge in [-0.05, 0) is 43.5 Å². The quantitative estimate of drug-likeness (QED) is 0.331. The minimum atomic E-state index is -4.30. The average Bonchev–Trinajstić information content (AvgIpc) is 3.67. The van der Waals surface area contributed by atoms with Crippen LogP contribution >= 0.6 is 0 Å². The van der Waals surface area contributed by atoms with Crippen molar-refractivity contribution in [2.45, 2.75) is 61.2 Å². The fraction of sp³-hybridized carbons (Fsp3) is 0.429. The van der Waals surface area contributed by atoms with E-state index >= 15 is 0 Å². The van der Waals surface area contributed by atoms with Gasteiger partial charge in [0.05, 0.1) is 19.7 Å². The Bertz CT molecular complexity index is 1660. The number of amides is 2. The predicted molar refractivity (Wildman–Crippen MR) is 146 cm³/mol. The fourth-order valence-electron chi connectivity index (χ4n) is 6.36. The minimum absolute atomic E-state index is 0.0567. The maximum atomic E-state index is 14.1. The molecule has 4 heterocycles. The minimum Gasteiger partial charge on any atom is -0.618 e. The molecule has 1 N–H and O–H groups in total. The lowest BCUT2D eigenvalue weighted by atomic mass is 9.80. The zero-order valence-electron chi connectivity index (χ0n) is 22.9. The smallest absolute Gasteiger partial charge is 0.415 e. The Morgan fingerprint density at radius 3 is 2.67 bits per heavy atom. The number of methoxy groups -OCH3 is 1. The van der Waals surface area contributed by atoms with Crippen LogP contribution in [0.5, 0.6) is 11.7 Å². The van der Waals surface area contributed by atoms with E-state index in [2.05, 4.69) is 5.32 Å². The van der Waals surface area contributed by atoms with E-state index in [1.807, 2.05) is 0 Å². The summed E-state index contributed by atoms with van der Waals surface area (Å²) < 4.78 is 44.2. The maximum Gasteiger partial charge on any atom is 0.415 e. The van der Waals surface area contributed by atoms with Gasteiger partial charge in [-0.25, -0.2) is 13.2 Å². The molecule has 2 unspecified atom stereocenters. The SMILES string of the molecule is COc1ccc2oc(OC(=O)NC3(C(=O)N4CCC5C4C(=O)CN5S(=O)(=O)c4cccc[n+]4[O-])CCCCC3)cc2c1. The molecule has 1 aromatic carbocycles. The molecular formula is C28H30N4O9S. The summed E-state index contributed by atoms with van der Waals surface area (Å²) >= 11 is 0. The number of nitrogens with zero attached hydrogens (tertiary/aromatic N) is 3. The number of pyridine rings is 1. The molecule has 2 amide bonds. The highest BCUT2D eigenvalue weighted by Crippen LogP contribution is 2.38. The van der Waals surface area contributed by atoms with Crippen LogP contribution in [0, 0.1) is 5.21 Å². The lowest BCUT2D eigenvalue weighted by Crippen LogP contribution is -2.62. The molecule has 3 aromatic rings. The third kappa shape index (κ3) is 4.73. The van der Waals surface area contributed by atoms with E-state index in [0.717, 1.165) is 16.9 Å². The molecule has 0 bridgehead atoms. The van der Waals surface area contributed by atoms with Crippen LogP contribution in [0.3, 0.4) is 0 Å². The van der Waals surface area contributed by atoms with E-state index in [0.29, 0.717) is 42.4 Å². The number of rotatable bonds is 6. The van der Waals surface area contributed by atoms with E-state index in [4.69, 9.17) is 13.9 Å². The van der Waals surface area contributed by atoms with Crippen molar-refractivity contribution in [1.29, 1.82) is 0 Å². The number of fused-ring (bicyclic) bond motifs is 2. The molecule has 2 aliphatic heterocycles. The van der Waals surface area contributed by atoms with Gasteiger partial charge in [0.1, 0.15) is 22.9 Å². The number of carbonyl (C=O) groups excluding carboxylic acids is 3. The number of benzene rings is 1. The number of hydrogen-bond acceptors (Lipinski definition) is 9. The van der Waals surface area contributed by atoms with Gasteiger partial charge >= 0.3 is 21.1 Å². The zero-order valence-corrected chi connectivity index (χ0v) is 23.7. The Kier molecular flexibility index (Phi) is 7.05. The summed E-state index contributed by atoms with van der Waals surface area (Å²) in [7, 11) is -2.76. The number of aromatic nitrogens is 1. The highest BCUT2D eigenvalue weighted by molar-refractivity contribution is 7.89. The molecule has 13 nitrogen and oxygen atoms in total. The van der Waals surface area contributed by atoms with Gasteiger partial charge in [-0.1, -0.05) is 19.3 Å². The molecule has 3 fully saturated rings. The Morgan fingerprint density at radius 2 is 1.93 bits per heavy atom. The van der Waals surface area contributed by atoms with Crippen LogP contribution in [0.25, 0.3) is 11.0 Å².